The van der Waals surface area contributed by atoms with E-state index in [1.54, 1.807) is 14.2 Å². The number of rotatable bonds is 5. The van der Waals surface area contributed by atoms with Crippen molar-refractivity contribution in [3.8, 4) is 11.5 Å². The molecule has 0 N–H and O–H groups in total. The number of hydrogen-bond acceptors (Lipinski definition) is 3. The molecule has 0 amide bonds. The Balaban J connectivity index is 1.79. The zero-order chi connectivity index (χ0) is 18.6. The molecule has 0 unspecified atom stereocenters. The molecule has 0 aromatic heterocycles. The third kappa shape index (κ3) is 3.56. The maximum absolute atomic E-state index is 5.60. The molecule has 3 nitrogen and oxygen atoms in total. The summed E-state index contributed by atoms with van der Waals surface area (Å²) < 4.78 is 11.1. The molecule has 0 fully saturated rings. The molecule has 0 saturated heterocycles. The van der Waals surface area contributed by atoms with Gasteiger partial charge in [-0.15, -0.1) is 0 Å². The van der Waals surface area contributed by atoms with E-state index < -0.39 is 0 Å². The van der Waals surface area contributed by atoms with Crippen molar-refractivity contribution in [2.24, 2.45) is 0 Å². The molecule has 138 valence electrons. The Morgan fingerprint density at radius 2 is 1.48 bits per heavy atom. The second-order valence-electron chi connectivity index (χ2n) is 6.93. The van der Waals surface area contributed by atoms with Gasteiger partial charge in [0.15, 0.2) is 11.5 Å². The van der Waals surface area contributed by atoms with Crippen molar-refractivity contribution in [1.29, 1.82) is 0 Å². The summed E-state index contributed by atoms with van der Waals surface area (Å²) in [7, 11) is 3.40. The van der Waals surface area contributed by atoms with Gasteiger partial charge in [0, 0.05) is 13.1 Å². The van der Waals surface area contributed by atoms with Crippen LogP contribution in [0.3, 0.4) is 0 Å². The second-order valence-corrected chi connectivity index (χ2v) is 6.93. The van der Waals surface area contributed by atoms with Gasteiger partial charge < -0.3 is 9.47 Å². The minimum Gasteiger partial charge on any atom is -0.493 e. The molecule has 0 saturated carbocycles. The van der Waals surface area contributed by atoms with Crippen molar-refractivity contribution in [2.75, 3.05) is 20.8 Å². The monoisotopic (exact) mass is 359 g/mol. The Labute approximate surface area is 161 Å². The molecule has 0 aliphatic carbocycles. The number of nitrogens with zero attached hydrogens (tertiary/aromatic N) is 1. The van der Waals surface area contributed by atoms with Crippen LogP contribution in [-0.2, 0) is 13.0 Å². The Kier molecular flexibility index (Phi) is 5.12. The number of fused-ring (bicyclic) bond motifs is 1. The van der Waals surface area contributed by atoms with Crippen LogP contribution in [0.15, 0.2) is 72.8 Å². The van der Waals surface area contributed by atoms with Crippen molar-refractivity contribution < 1.29 is 9.47 Å². The van der Waals surface area contributed by atoms with Gasteiger partial charge in [0.2, 0.25) is 0 Å². The molecule has 1 aliphatic heterocycles. The number of benzene rings is 3. The van der Waals surface area contributed by atoms with Gasteiger partial charge in [0.1, 0.15) is 0 Å². The van der Waals surface area contributed by atoms with Gasteiger partial charge >= 0.3 is 0 Å². The van der Waals surface area contributed by atoms with Gasteiger partial charge in [0.05, 0.1) is 20.3 Å². The number of hydrogen-bond donors (Lipinski definition) is 0. The summed E-state index contributed by atoms with van der Waals surface area (Å²) in [6.07, 6.45) is 1.01. The highest BCUT2D eigenvalue weighted by molar-refractivity contribution is 5.51. The van der Waals surface area contributed by atoms with E-state index in [0.29, 0.717) is 0 Å². The first-order valence-corrected chi connectivity index (χ1v) is 9.38. The average molecular weight is 359 g/mol. The van der Waals surface area contributed by atoms with Crippen molar-refractivity contribution in [2.45, 2.75) is 19.0 Å². The van der Waals surface area contributed by atoms with E-state index >= 15 is 0 Å². The molecule has 3 aromatic carbocycles. The van der Waals surface area contributed by atoms with Gasteiger partial charge in [-0.05, 0) is 40.8 Å². The van der Waals surface area contributed by atoms with Crippen LogP contribution >= 0.6 is 0 Å². The predicted molar refractivity (Wildman–Crippen MR) is 108 cm³/mol. The predicted octanol–water partition coefficient (Wildman–Crippen LogP) is 4.85. The molecule has 1 atom stereocenters. The standard InChI is InChI=1S/C24H25NO2/c1-26-22-15-20-13-14-25(17-18-9-5-3-6-10-18)24(19-11-7-4-8-12-19)21(20)16-23(22)27-2/h3-12,15-16,24H,13-14,17H2,1-2H3/t24-/m0/s1. The number of ether oxygens (including phenoxy) is 2. The number of methoxy groups -OCH3 is 2. The summed E-state index contributed by atoms with van der Waals surface area (Å²) in [5, 5.41) is 0. The highest BCUT2D eigenvalue weighted by Crippen LogP contribution is 2.41. The normalized spacial score (nSPS) is 16.6. The van der Waals surface area contributed by atoms with Crippen LogP contribution in [-0.4, -0.2) is 25.7 Å². The lowest BCUT2D eigenvalue weighted by molar-refractivity contribution is 0.203. The summed E-state index contributed by atoms with van der Waals surface area (Å²) in [5.41, 5.74) is 5.29. The molecule has 3 aromatic rings. The van der Waals surface area contributed by atoms with Crippen LogP contribution in [0.25, 0.3) is 0 Å². The molecular weight excluding hydrogens is 334 g/mol. The van der Waals surface area contributed by atoms with Gasteiger partial charge in [0.25, 0.3) is 0 Å². The lowest BCUT2D eigenvalue weighted by Crippen LogP contribution is -2.35. The van der Waals surface area contributed by atoms with E-state index in [1.807, 2.05) is 0 Å². The zero-order valence-electron chi connectivity index (χ0n) is 15.9. The van der Waals surface area contributed by atoms with Crippen LogP contribution in [0.2, 0.25) is 0 Å². The van der Waals surface area contributed by atoms with Crippen LogP contribution < -0.4 is 9.47 Å². The van der Waals surface area contributed by atoms with E-state index in [1.165, 1.54) is 22.3 Å². The van der Waals surface area contributed by atoms with Crippen molar-refractivity contribution in [1.82, 2.24) is 4.90 Å². The smallest absolute Gasteiger partial charge is 0.161 e. The molecule has 0 bridgehead atoms. The van der Waals surface area contributed by atoms with Gasteiger partial charge in [-0.3, -0.25) is 4.90 Å². The Morgan fingerprint density at radius 3 is 2.15 bits per heavy atom. The third-order valence-corrected chi connectivity index (χ3v) is 5.32. The third-order valence-electron chi connectivity index (χ3n) is 5.32. The topological polar surface area (TPSA) is 21.7 Å². The van der Waals surface area contributed by atoms with Gasteiger partial charge in [-0.1, -0.05) is 60.7 Å². The van der Waals surface area contributed by atoms with E-state index in [9.17, 15) is 0 Å². The summed E-state index contributed by atoms with van der Waals surface area (Å²) in [4.78, 5) is 2.55. The Morgan fingerprint density at radius 1 is 0.852 bits per heavy atom. The fourth-order valence-corrected chi connectivity index (χ4v) is 4.01. The first kappa shape index (κ1) is 17.6. The largest absolute Gasteiger partial charge is 0.493 e. The van der Waals surface area contributed by atoms with Crippen LogP contribution in [0, 0.1) is 0 Å². The van der Waals surface area contributed by atoms with Gasteiger partial charge in [-0.25, -0.2) is 0 Å². The summed E-state index contributed by atoms with van der Waals surface area (Å²) in [6, 6.07) is 25.9. The Hall–Kier alpha value is -2.78. The van der Waals surface area contributed by atoms with Crippen molar-refractivity contribution in [3.05, 3.63) is 95.1 Å². The first-order valence-electron chi connectivity index (χ1n) is 9.38. The molecule has 4 rings (SSSR count). The van der Waals surface area contributed by atoms with Crippen LogP contribution in [0.5, 0.6) is 11.5 Å². The maximum Gasteiger partial charge on any atom is 0.161 e. The minimum atomic E-state index is 0.204. The fraction of sp³-hybridized carbons (Fsp3) is 0.250. The van der Waals surface area contributed by atoms with Crippen molar-refractivity contribution in [3.63, 3.8) is 0 Å². The lowest BCUT2D eigenvalue weighted by atomic mass is 9.87. The van der Waals surface area contributed by atoms with E-state index in [0.717, 1.165) is 31.0 Å². The van der Waals surface area contributed by atoms with E-state index in [4.69, 9.17) is 9.47 Å². The molecule has 0 spiro atoms. The fourth-order valence-electron chi connectivity index (χ4n) is 4.01. The van der Waals surface area contributed by atoms with Gasteiger partial charge in [-0.2, -0.15) is 0 Å². The molecule has 27 heavy (non-hydrogen) atoms. The first-order chi connectivity index (χ1) is 13.3. The van der Waals surface area contributed by atoms with Crippen LogP contribution in [0.1, 0.15) is 28.3 Å². The van der Waals surface area contributed by atoms with Crippen LogP contribution in [0.4, 0.5) is 0 Å². The maximum atomic E-state index is 5.60. The zero-order valence-corrected chi connectivity index (χ0v) is 15.9. The Bertz CT molecular complexity index is 893. The van der Waals surface area contributed by atoms with Crippen molar-refractivity contribution >= 4 is 0 Å². The molecule has 1 aliphatic rings. The molecule has 1 heterocycles. The minimum absolute atomic E-state index is 0.204. The summed E-state index contributed by atoms with van der Waals surface area (Å²) >= 11 is 0. The molecule has 3 heteroatoms. The molecule has 0 radical (unpaired) electrons. The van der Waals surface area contributed by atoms with E-state index in [2.05, 4.69) is 77.7 Å². The quantitative estimate of drug-likeness (QED) is 0.650. The average Bonchev–Trinajstić information content (AvgIpc) is 2.74. The lowest BCUT2D eigenvalue weighted by Gasteiger charge is -2.38. The molecular formula is C24H25NO2. The van der Waals surface area contributed by atoms with E-state index in [-0.39, 0.29) is 6.04 Å². The SMILES string of the molecule is COc1cc2c(cc1OC)[C@H](c1ccccc1)N(Cc1ccccc1)CC2. The second kappa shape index (κ2) is 7.85. The highest BCUT2D eigenvalue weighted by atomic mass is 16.5. The summed E-state index contributed by atoms with van der Waals surface area (Å²) in [5.74, 6) is 1.60. The highest BCUT2D eigenvalue weighted by Gasteiger charge is 2.30. The summed E-state index contributed by atoms with van der Waals surface area (Å²) in [6.45, 7) is 1.94.